The first kappa shape index (κ1) is 20.0. The maximum atomic E-state index is 12.1. The molecule has 0 N–H and O–H groups in total. The second-order valence-electron chi connectivity index (χ2n) is 7.34. The minimum Gasteiger partial charge on any atom is -0.489 e. The Hall–Kier alpha value is -3.89. The van der Waals surface area contributed by atoms with Gasteiger partial charge >= 0.3 is 5.63 Å². The van der Waals surface area contributed by atoms with Gasteiger partial charge in [0.1, 0.15) is 17.9 Å². The van der Waals surface area contributed by atoms with Gasteiger partial charge in [-0.3, -0.25) is 4.99 Å². The van der Waals surface area contributed by atoms with Crippen LogP contribution in [-0.4, -0.2) is 6.21 Å². The molecule has 5 heteroatoms. The van der Waals surface area contributed by atoms with Gasteiger partial charge in [0.05, 0.1) is 5.69 Å². The number of benzene rings is 4. The minimum absolute atomic E-state index is 0.258. The third-order valence-electron chi connectivity index (χ3n) is 5.18. The van der Waals surface area contributed by atoms with E-state index in [1.807, 2.05) is 84.9 Å². The molecule has 0 aliphatic heterocycles. The van der Waals surface area contributed by atoms with Crippen molar-refractivity contribution in [3.05, 3.63) is 118 Å². The summed E-state index contributed by atoms with van der Waals surface area (Å²) < 4.78 is 11.4. The maximum Gasteiger partial charge on any atom is 0.336 e. The average molecular weight is 440 g/mol. The molecule has 4 aromatic carbocycles. The van der Waals surface area contributed by atoms with E-state index in [2.05, 4.69) is 4.99 Å². The third kappa shape index (κ3) is 4.27. The number of fused-ring (bicyclic) bond motifs is 3. The highest BCUT2D eigenvalue weighted by Gasteiger charge is 2.10. The molecule has 0 saturated heterocycles. The zero-order valence-corrected chi connectivity index (χ0v) is 17.8. The van der Waals surface area contributed by atoms with Crippen LogP contribution in [0, 0.1) is 0 Å². The van der Waals surface area contributed by atoms with E-state index in [4.69, 9.17) is 20.8 Å². The molecule has 0 fully saturated rings. The standard InChI is InChI=1S/C27H18ClNO3/c28-21-8-10-22(11-9-21)29-16-18-5-12-23(13-6-18)31-17-20-15-26(30)32-25-14-7-19-3-1-2-4-24(19)27(20)25/h1-16H,17H2. The molecule has 5 aromatic rings. The van der Waals surface area contributed by atoms with Crippen molar-refractivity contribution in [2.45, 2.75) is 6.61 Å². The zero-order valence-electron chi connectivity index (χ0n) is 17.0. The van der Waals surface area contributed by atoms with E-state index in [0.717, 1.165) is 33.0 Å². The predicted molar refractivity (Wildman–Crippen MR) is 129 cm³/mol. The van der Waals surface area contributed by atoms with E-state index >= 15 is 0 Å². The van der Waals surface area contributed by atoms with Gasteiger partial charge < -0.3 is 9.15 Å². The Bertz CT molecular complexity index is 1490. The normalized spacial score (nSPS) is 11.4. The molecule has 0 aliphatic carbocycles. The van der Waals surface area contributed by atoms with Gasteiger partial charge in [0, 0.05) is 28.3 Å². The summed E-state index contributed by atoms with van der Waals surface area (Å²) in [6, 6.07) is 28.3. The highest BCUT2D eigenvalue weighted by Crippen LogP contribution is 2.28. The van der Waals surface area contributed by atoms with Gasteiger partial charge in [-0.25, -0.2) is 4.79 Å². The Kier molecular flexibility index (Phi) is 5.44. The van der Waals surface area contributed by atoms with Gasteiger partial charge in [-0.2, -0.15) is 0 Å². The second-order valence-corrected chi connectivity index (χ2v) is 7.78. The molecule has 0 aliphatic rings. The number of ether oxygens (including phenoxy) is 1. The molecular formula is C27H18ClNO3. The molecule has 0 radical (unpaired) electrons. The van der Waals surface area contributed by atoms with Gasteiger partial charge in [-0.1, -0.05) is 41.9 Å². The number of hydrogen-bond donors (Lipinski definition) is 0. The Balaban J connectivity index is 1.37. The van der Waals surface area contributed by atoms with Crippen molar-refractivity contribution in [2.24, 2.45) is 4.99 Å². The molecule has 0 spiro atoms. The van der Waals surface area contributed by atoms with Crippen LogP contribution in [-0.2, 0) is 6.61 Å². The second kappa shape index (κ2) is 8.69. The number of halogens is 1. The summed E-state index contributed by atoms with van der Waals surface area (Å²) in [5.74, 6) is 0.704. The molecule has 0 amide bonds. The first-order chi connectivity index (χ1) is 15.7. The average Bonchev–Trinajstić information content (AvgIpc) is 2.82. The lowest BCUT2D eigenvalue weighted by Gasteiger charge is -2.10. The fourth-order valence-corrected chi connectivity index (χ4v) is 3.75. The molecule has 156 valence electrons. The monoisotopic (exact) mass is 439 g/mol. The number of nitrogens with zero attached hydrogens (tertiary/aromatic N) is 1. The largest absolute Gasteiger partial charge is 0.489 e. The fraction of sp³-hybridized carbons (Fsp3) is 0.0370. The summed E-state index contributed by atoms with van der Waals surface area (Å²) in [5.41, 5.74) is 2.74. The van der Waals surface area contributed by atoms with Crippen LogP contribution in [0.2, 0.25) is 5.02 Å². The number of hydrogen-bond acceptors (Lipinski definition) is 4. The molecule has 32 heavy (non-hydrogen) atoms. The van der Waals surface area contributed by atoms with Crippen LogP contribution in [0.5, 0.6) is 5.75 Å². The topological polar surface area (TPSA) is 51.8 Å². The summed E-state index contributed by atoms with van der Waals surface area (Å²) in [6.45, 7) is 0.258. The maximum absolute atomic E-state index is 12.1. The van der Waals surface area contributed by atoms with Gasteiger partial charge in [-0.15, -0.1) is 0 Å². The first-order valence-corrected chi connectivity index (χ1v) is 10.5. The van der Waals surface area contributed by atoms with Crippen molar-refractivity contribution in [3.63, 3.8) is 0 Å². The lowest BCUT2D eigenvalue weighted by atomic mass is 10.0. The quantitative estimate of drug-likeness (QED) is 0.169. The molecular weight excluding hydrogens is 422 g/mol. The Morgan fingerprint density at radius 2 is 1.69 bits per heavy atom. The van der Waals surface area contributed by atoms with Crippen molar-refractivity contribution in [2.75, 3.05) is 0 Å². The predicted octanol–water partition coefficient (Wildman–Crippen LogP) is 6.93. The lowest BCUT2D eigenvalue weighted by Crippen LogP contribution is -2.04. The van der Waals surface area contributed by atoms with Gasteiger partial charge in [0.15, 0.2) is 0 Å². The highest BCUT2D eigenvalue weighted by atomic mass is 35.5. The summed E-state index contributed by atoms with van der Waals surface area (Å²) >= 11 is 5.90. The van der Waals surface area contributed by atoms with E-state index < -0.39 is 0 Å². The number of aliphatic imine (C=N–C) groups is 1. The zero-order chi connectivity index (χ0) is 21.9. The van der Waals surface area contributed by atoms with Gasteiger partial charge in [0.25, 0.3) is 0 Å². The Morgan fingerprint density at radius 3 is 2.50 bits per heavy atom. The molecule has 0 atom stereocenters. The van der Waals surface area contributed by atoms with Crippen LogP contribution in [0.3, 0.4) is 0 Å². The van der Waals surface area contributed by atoms with E-state index in [1.165, 1.54) is 6.07 Å². The Labute approximate surface area is 189 Å². The summed E-state index contributed by atoms with van der Waals surface area (Å²) in [5, 5.41) is 3.69. The first-order valence-electron chi connectivity index (χ1n) is 10.1. The van der Waals surface area contributed by atoms with E-state index in [-0.39, 0.29) is 12.2 Å². The Morgan fingerprint density at radius 1 is 0.906 bits per heavy atom. The molecule has 0 bridgehead atoms. The highest BCUT2D eigenvalue weighted by molar-refractivity contribution is 6.30. The van der Waals surface area contributed by atoms with Crippen LogP contribution in [0.1, 0.15) is 11.1 Å². The molecule has 1 heterocycles. The SMILES string of the molecule is O=c1cc(COc2ccc(C=Nc3ccc(Cl)cc3)cc2)c2c(ccc3ccccc32)o1. The van der Waals surface area contributed by atoms with Crippen LogP contribution >= 0.6 is 11.6 Å². The summed E-state index contributed by atoms with van der Waals surface area (Å²) in [7, 11) is 0. The van der Waals surface area contributed by atoms with Crippen molar-refractivity contribution >= 4 is 45.2 Å². The molecule has 4 nitrogen and oxygen atoms in total. The molecule has 5 rings (SSSR count). The van der Waals surface area contributed by atoms with Gasteiger partial charge in [-0.05, 0) is 70.9 Å². The van der Waals surface area contributed by atoms with Crippen molar-refractivity contribution < 1.29 is 9.15 Å². The summed E-state index contributed by atoms with van der Waals surface area (Å²) in [4.78, 5) is 16.5. The lowest BCUT2D eigenvalue weighted by molar-refractivity contribution is 0.306. The van der Waals surface area contributed by atoms with Crippen molar-refractivity contribution in [1.29, 1.82) is 0 Å². The van der Waals surface area contributed by atoms with E-state index in [0.29, 0.717) is 16.4 Å². The number of rotatable bonds is 5. The van der Waals surface area contributed by atoms with Crippen LogP contribution in [0.4, 0.5) is 5.69 Å². The molecule has 0 saturated carbocycles. The molecule has 1 aromatic heterocycles. The minimum atomic E-state index is -0.389. The van der Waals surface area contributed by atoms with Crippen LogP contribution in [0.25, 0.3) is 21.7 Å². The fourth-order valence-electron chi connectivity index (χ4n) is 3.62. The summed E-state index contributed by atoms with van der Waals surface area (Å²) in [6.07, 6.45) is 1.79. The third-order valence-corrected chi connectivity index (χ3v) is 5.43. The van der Waals surface area contributed by atoms with E-state index in [9.17, 15) is 4.79 Å². The van der Waals surface area contributed by atoms with Gasteiger partial charge in [0.2, 0.25) is 0 Å². The van der Waals surface area contributed by atoms with Crippen molar-refractivity contribution in [1.82, 2.24) is 0 Å². The van der Waals surface area contributed by atoms with Crippen LogP contribution in [0.15, 0.2) is 105 Å². The van der Waals surface area contributed by atoms with E-state index in [1.54, 1.807) is 6.21 Å². The van der Waals surface area contributed by atoms with Crippen LogP contribution < -0.4 is 10.4 Å². The smallest absolute Gasteiger partial charge is 0.336 e. The van der Waals surface area contributed by atoms with Crippen molar-refractivity contribution in [3.8, 4) is 5.75 Å². The molecule has 0 unspecified atom stereocenters.